The summed E-state index contributed by atoms with van der Waals surface area (Å²) in [4.78, 5) is 45.1. The van der Waals surface area contributed by atoms with E-state index in [1.54, 1.807) is 0 Å². The Hall–Kier alpha value is -2.13. The quantitative estimate of drug-likeness (QED) is 0.555. The Morgan fingerprint density at radius 1 is 1.30 bits per heavy atom. The smallest absolute Gasteiger partial charge is 0.329 e. The number of aryl methyl sites for hydroxylation is 2. The van der Waals surface area contributed by atoms with Crippen molar-refractivity contribution < 1.29 is 4.79 Å². The first-order chi connectivity index (χ1) is 12.5. The number of carbonyl (C=O) groups is 1. The molecule has 2 heterocycles. The fourth-order valence-electron chi connectivity index (χ4n) is 3.69. The summed E-state index contributed by atoms with van der Waals surface area (Å²) in [6.07, 6.45) is 6.48. The van der Waals surface area contributed by atoms with Crippen LogP contribution in [0.3, 0.4) is 0 Å². The zero-order valence-corrected chi connectivity index (χ0v) is 16.2. The summed E-state index contributed by atoms with van der Waals surface area (Å²) in [5.74, 6) is 0.884. The second-order valence-corrected chi connectivity index (χ2v) is 7.01. The fourth-order valence-corrected chi connectivity index (χ4v) is 3.69. The van der Waals surface area contributed by atoms with Gasteiger partial charge in [-0.15, -0.1) is 12.4 Å². The summed E-state index contributed by atoms with van der Waals surface area (Å²) < 4.78 is 1.27. The van der Waals surface area contributed by atoms with Crippen LogP contribution in [-0.4, -0.2) is 38.0 Å². The number of imidazole rings is 1. The molecule has 1 aliphatic rings. The number of halogens is 1. The number of hydrogen-bond acceptors (Lipinski definition) is 5. The molecule has 0 aliphatic heterocycles. The number of fused-ring (bicyclic) bond motifs is 1. The first-order valence-corrected chi connectivity index (χ1v) is 9.17. The first kappa shape index (κ1) is 21.2. The molecule has 3 rings (SSSR count). The lowest BCUT2D eigenvalue weighted by Crippen LogP contribution is -2.46. The van der Waals surface area contributed by atoms with Gasteiger partial charge in [0.15, 0.2) is 5.65 Å². The van der Waals surface area contributed by atoms with Crippen molar-refractivity contribution in [3.8, 4) is 0 Å². The van der Waals surface area contributed by atoms with Gasteiger partial charge in [0.2, 0.25) is 5.91 Å². The predicted octanol–water partition coefficient (Wildman–Crippen LogP) is 0.328. The molecule has 150 valence electrons. The standard InChI is InChI=1S/C17H26N6O3.ClH/c1-23-15-14(16(25)22-17(23)26)20-12(21-15)7-8-13(24)19-11(9-18)10-5-3-2-4-6-10;/h10-11H,2-9,18H2,1H3,(H,19,24)(H,20,21)(H,22,25,26);1H. The molecule has 0 saturated heterocycles. The van der Waals surface area contributed by atoms with Crippen molar-refractivity contribution >= 4 is 29.5 Å². The molecule has 1 unspecified atom stereocenters. The number of nitrogens with two attached hydrogens (primary N) is 1. The number of nitrogens with one attached hydrogen (secondary N) is 3. The number of hydrogen-bond donors (Lipinski definition) is 4. The summed E-state index contributed by atoms with van der Waals surface area (Å²) >= 11 is 0. The minimum atomic E-state index is -0.517. The summed E-state index contributed by atoms with van der Waals surface area (Å²) in [5, 5.41) is 3.04. The fraction of sp³-hybridized carbons (Fsp3) is 0.647. The third-order valence-corrected chi connectivity index (χ3v) is 5.21. The largest absolute Gasteiger partial charge is 0.352 e. The molecular formula is C17H27ClN6O3. The van der Waals surface area contributed by atoms with Gasteiger partial charge in [-0.05, 0) is 18.8 Å². The average molecular weight is 399 g/mol. The second-order valence-electron chi connectivity index (χ2n) is 7.01. The monoisotopic (exact) mass is 398 g/mol. The third kappa shape index (κ3) is 4.78. The van der Waals surface area contributed by atoms with Crippen LogP contribution < -0.4 is 22.3 Å². The van der Waals surface area contributed by atoms with Gasteiger partial charge in [0.05, 0.1) is 0 Å². The lowest BCUT2D eigenvalue weighted by molar-refractivity contribution is -0.122. The van der Waals surface area contributed by atoms with Crippen LogP contribution in [0.15, 0.2) is 9.59 Å². The van der Waals surface area contributed by atoms with E-state index in [4.69, 9.17) is 5.73 Å². The zero-order chi connectivity index (χ0) is 18.7. The molecule has 5 N–H and O–H groups in total. The molecule has 1 saturated carbocycles. The van der Waals surface area contributed by atoms with E-state index in [2.05, 4.69) is 20.3 Å². The van der Waals surface area contributed by atoms with Crippen molar-refractivity contribution in [1.82, 2.24) is 24.8 Å². The highest BCUT2D eigenvalue weighted by Crippen LogP contribution is 2.26. The van der Waals surface area contributed by atoms with Crippen molar-refractivity contribution in [3.63, 3.8) is 0 Å². The minimum Gasteiger partial charge on any atom is -0.352 e. The van der Waals surface area contributed by atoms with Crippen LogP contribution in [-0.2, 0) is 18.3 Å². The summed E-state index contributed by atoms with van der Waals surface area (Å²) in [5.41, 5.74) is 5.36. The number of rotatable bonds is 6. The van der Waals surface area contributed by atoms with Gasteiger partial charge >= 0.3 is 5.69 Å². The van der Waals surface area contributed by atoms with Crippen LogP contribution in [0.2, 0.25) is 0 Å². The highest BCUT2D eigenvalue weighted by Gasteiger charge is 2.24. The second kappa shape index (κ2) is 9.18. The molecule has 2 aromatic rings. The molecule has 0 spiro atoms. The van der Waals surface area contributed by atoms with Crippen molar-refractivity contribution in [2.75, 3.05) is 6.54 Å². The molecular weight excluding hydrogens is 372 g/mol. The van der Waals surface area contributed by atoms with Gasteiger partial charge in [0.25, 0.3) is 5.56 Å². The van der Waals surface area contributed by atoms with Crippen molar-refractivity contribution in [3.05, 3.63) is 26.7 Å². The van der Waals surface area contributed by atoms with E-state index in [1.807, 2.05) is 0 Å². The lowest BCUT2D eigenvalue weighted by atomic mass is 9.84. The average Bonchev–Trinajstić information content (AvgIpc) is 3.08. The molecule has 27 heavy (non-hydrogen) atoms. The van der Waals surface area contributed by atoms with E-state index in [0.717, 1.165) is 12.8 Å². The van der Waals surface area contributed by atoms with E-state index in [0.29, 0.717) is 24.7 Å². The Kier molecular flexibility index (Phi) is 7.20. The molecule has 1 fully saturated rings. The van der Waals surface area contributed by atoms with Gasteiger partial charge in [-0.1, -0.05) is 19.3 Å². The molecule has 1 amide bonds. The van der Waals surface area contributed by atoms with Gasteiger partial charge in [-0.3, -0.25) is 19.1 Å². The van der Waals surface area contributed by atoms with E-state index < -0.39 is 11.2 Å². The van der Waals surface area contributed by atoms with Crippen LogP contribution in [0.5, 0.6) is 0 Å². The number of H-pyrrole nitrogens is 2. The normalized spacial score (nSPS) is 16.1. The molecule has 2 aromatic heterocycles. The van der Waals surface area contributed by atoms with Gasteiger partial charge in [0.1, 0.15) is 11.3 Å². The third-order valence-electron chi connectivity index (χ3n) is 5.21. The van der Waals surface area contributed by atoms with Crippen LogP contribution in [0, 0.1) is 5.92 Å². The van der Waals surface area contributed by atoms with E-state index in [1.165, 1.54) is 30.9 Å². The maximum absolute atomic E-state index is 12.3. The number of aromatic nitrogens is 4. The Balaban J connectivity index is 0.00000261. The van der Waals surface area contributed by atoms with Gasteiger partial charge in [-0.25, -0.2) is 9.78 Å². The molecule has 0 bridgehead atoms. The summed E-state index contributed by atoms with van der Waals surface area (Å²) in [6.45, 7) is 0.443. The first-order valence-electron chi connectivity index (χ1n) is 9.17. The topological polar surface area (TPSA) is 139 Å². The summed E-state index contributed by atoms with van der Waals surface area (Å²) in [6, 6.07) is 0.0159. The van der Waals surface area contributed by atoms with Crippen molar-refractivity contribution in [2.24, 2.45) is 18.7 Å². The summed E-state index contributed by atoms with van der Waals surface area (Å²) in [7, 11) is 1.54. The number of carbonyl (C=O) groups excluding carboxylic acids is 1. The molecule has 1 atom stereocenters. The van der Waals surface area contributed by atoms with E-state index >= 15 is 0 Å². The van der Waals surface area contributed by atoms with Crippen molar-refractivity contribution in [2.45, 2.75) is 51.0 Å². The molecule has 0 aromatic carbocycles. The minimum absolute atomic E-state index is 0. The number of amides is 1. The molecule has 0 radical (unpaired) electrons. The highest BCUT2D eigenvalue weighted by atomic mass is 35.5. The van der Waals surface area contributed by atoms with Crippen molar-refractivity contribution in [1.29, 1.82) is 0 Å². The van der Waals surface area contributed by atoms with E-state index in [-0.39, 0.29) is 41.9 Å². The number of aromatic amines is 2. The van der Waals surface area contributed by atoms with Gasteiger partial charge < -0.3 is 16.0 Å². The van der Waals surface area contributed by atoms with Crippen LogP contribution in [0.25, 0.3) is 11.2 Å². The van der Waals surface area contributed by atoms with Crippen LogP contribution >= 0.6 is 12.4 Å². The Morgan fingerprint density at radius 2 is 2.00 bits per heavy atom. The van der Waals surface area contributed by atoms with Gasteiger partial charge in [-0.2, -0.15) is 0 Å². The maximum atomic E-state index is 12.3. The Bertz CT molecular complexity index is 896. The Labute approximate surface area is 162 Å². The SMILES string of the molecule is Cl.Cn1c(=O)[nH]c(=O)c2[nH]c(CCC(=O)NC(CN)C3CCCCC3)nc21. The maximum Gasteiger partial charge on any atom is 0.329 e. The Morgan fingerprint density at radius 3 is 2.67 bits per heavy atom. The molecule has 10 heteroatoms. The highest BCUT2D eigenvalue weighted by molar-refractivity contribution is 5.85. The number of nitrogens with zero attached hydrogens (tertiary/aromatic N) is 2. The molecule has 1 aliphatic carbocycles. The van der Waals surface area contributed by atoms with Crippen LogP contribution in [0.1, 0.15) is 44.3 Å². The van der Waals surface area contributed by atoms with Crippen LogP contribution in [0.4, 0.5) is 0 Å². The zero-order valence-electron chi connectivity index (χ0n) is 15.4. The van der Waals surface area contributed by atoms with Gasteiger partial charge in [0, 0.05) is 32.5 Å². The molecule has 9 nitrogen and oxygen atoms in total. The van der Waals surface area contributed by atoms with E-state index in [9.17, 15) is 14.4 Å². The predicted molar refractivity (Wildman–Crippen MR) is 105 cm³/mol. The lowest BCUT2D eigenvalue weighted by Gasteiger charge is -2.30.